The molecular formula is C12H13F4NO2. The van der Waals surface area contributed by atoms with Crippen molar-refractivity contribution in [2.45, 2.75) is 25.6 Å². The molecule has 1 aromatic rings. The fourth-order valence-corrected chi connectivity index (χ4v) is 1.51. The van der Waals surface area contributed by atoms with Crippen LogP contribution in [0.2, 0.25) is 0 Å². The van der Waals surface area contributed by atoms with E-state index in [0.29, 0.717) is 19.0 Å². The summed E-state index contributed by atoms with van der Waals surface area (Å²) in [7, 11) is 0. The molecule has 0 spiro atoms. The van der Waals surface area contributed by atoms with Crippen molar-refractivity contribution in [1.82, 2.24) is 5.32 Å². The maximum Gasteiger partial charge on any atom is 0.416 e. The van der Waals surface area contributed by atoms with Gasteiger partial charge in [-0.1, -0.05) is 0 Å². The van der Waals surface area contributed by atoms with Crippen LogP contribution in [0.1, 0.15) is 24.0 Å². The molecule has 1 rings (SSSR count). The average molecular weight is 279 g/mol. The Balaban J connectivity index is 2.54. The van der Waals surface area contributed by atoms with Crippen LogP contribution in [0.5, 0.6) is 0 Å². The van der Waals surface area contributed by atoms with Gasteiger partial charge in [0.15, 0.2) is 0 Å². The highest BCUT2D eigenvalue weighted by atomic mass is 19.4. The number of carboxylic acid groups (broad SMARTS) is 1. The Labute approximate surface area is 107 Å². The lowest BCUT2D eigenvalue weighted by Crippen LogP contribution is -2.16. The zero-order chi connectivity index (χ0) is 14.5. The van der Waals surface area contributed by atoms with Crippen LogP contribution in [0.3, 0.4) is 0 Å². The third-order valence-corrected chi connectivity index (χ3v) is 2.36. The quantitative estimate of drug-likeness (QED) is 0.622. The van der Waals surface area contributed by atoms with Crippen molar-refractivity contribution < 1.29 is 27.5 Å². The normalized spacial score (nSPS) is 11.6. The van der Waals surface area contributed by atoms with Gasteiger partial charge in [0.1, 0.15) is 5.82 Å². The first kappa shape index (κ1) is 15.4. The number of benzene rings is 1. The Bertz CT molecular complexity index is 446. The molecule has 0 aliphatic heterocycles. The molecule has 0 saturated heterocycles. The minimum atomic E-state index is -4.58. The molecule has 0 aliphatic carbocycles. The van der Waals surface area contributed by atoms with Crippen molar-refractivity contribution in [3.05, 3.63) is 35.1 Å². The van der Waals surface area contributed by atoms with Crippen LogP contribution in [0.15, 0.2) is 18.2 Å². The third kappa shape index (κ3) is 5.69. The van der Waals surface area contributed by atoms with E-state index in [-0.39, 0.29) is 18.5 Å². The first-order chi connectivity index (χ1) is 8.79. The van der Waals surface area contributed by atoms with Gasteiger partial charge in [-0.25, -0.2) is 4.39 Å². The largest absolute Gasteiger partial charge is 0.481 e. The predicted octanol–water partition coefficient (Wildman–Crippen LogP) is 2.80. The van der Waals surface area contributed by atoms with Gasteiger partial charge in [-0.2, -0.15) is 13.2 Å². The summed E-state index contributed by atoms with van der Waals surface area (Å²) < 4.78 is 50.3. The first-order valence-corrected chi connectivity index (χ1v) is 5.58. The molecule has 0 radical (unpaired) electrons. The molecule has 0 aliphatic rings. The van der Waals surface area contributed by atoms with Gasteiger partial charge in [0, 0.05) is 13.0 Å². The molecule has 2 N–H and O–H groups in total. The molecule has 0 unspecified atom stereocenters. The minimum Gasteiger partial charge on any atom is -0.481 e. The fourth-order valence-electron chi connectivity index (χ4n) is 1.51. The summed E-state index contributed by atoms with van der Waals surface area (Å²) in [5.74, 6) is -1.89. The van der Waals surface area contributed by atoms with Crippen molar-refractivity contribution in [3.63, 3.8) is 0 Å². The smallest absolute Gasteiger partial charge is 0.416 e. The van der Waals surface area contributed by atoms with E-state index in [1.54, 1.807) is 0 Å². The Hall–Kier alpha value is -1.63. The van der Waals surface area contributed by atoms with Crippen LogP contribution < -0.4 is 5.32 Å². The number of alkyl halides is 3. The fraction of sp³-hybridized carbons (Fsp3) is 0.417. The van der Waals surface area contributed by atoms with Crippen molar-refractivity contribution in [2.24, 2.45) is 0 Å². The van der Waals surface area contributed by atoms with Crippen LogP contribution in [0, 0.1) is 5.82 Å². The number of rotatable bonds is 6. The Morgan fingerprint density at radius 1 is 1.26 bits per heavy atom. The Kier molecular flexibility index (Phi) is 5.29. The number of carboxylic acids is 1. The SMILES string of the molecule is O=C(O)CCCNCc1cc(F)cc(C(F)(F)F)c1. The van der Waals surface area contributed by atoms with Crippen LogP contribution in [-0.4, -0.2) is 17.6 Å². The lowest BCUT2D eigenvalue weighted by atomic mass is 10.1. The number of hydrogen-bond donors (Lipinski definition) is 2. The summed E-state index contributed by atoms with van der Waals surface area (Å²) in [5.41, 5.74) is -0.863. The molecule has 1 aromatic carbocycles. The molecule has 0 atom stereocenters. The maximum absolute atomic E-state index is 13.0. The second-order valence-corrected chi connectivity index (χ2v) is 4.02. The van der Waals surface area contributed by atoms with Gasteiger partial charge < -0.3 is 10.4 Å². The number of halogens is 4. The summed E-state index contributed by atoms with van der Waals surface area (Å²) in [6.45, 7) is 0.393. The van der Waals surface area contributed by atoms with Gasteiger partial charge >= 0.3 is 12.1 Å². The minimum absolute atomic E-state index is 0.0239. The second-order valence-electron chi connectivity index (χ2n) is 4.02. The van der Waals surface area contributed by atoms with Crippen LogP contribution in [-0.2, 0) is 17.5 Å². The number of aliphatic carboxylic acids is 1. The predicted molar refractivity (Wildman–Crippen MR) is 60.0 cm³/mol. The van der Waals surface area contributed by atoms with Gasteiger partial charge in [0.2, 0.25) is 0 Å². The highest BCUT2D eigenvalue weighted by Gasteiger charge is 2.31. The van der Waals surface area contributed by atoms with Gasteiger partial charge in [-0.3, -0.25) is 4.79 Å². The monoisotopic (exact) mass is 279 g/mol. The molecule has 106 valence electrons. The van der Waals surface area contributed by atoms with Gasteiger partial charge in [-0.15, -0.1) is 0 Å². The Morgan fingerprint density at radius 3 is 2.53 bits per heavy atom. The number of nitrogens with one attached hydrogen (secondary N) is 1. The van der Waals surface area contributed by atoms with E-state index >= 15 is 0 Å². The molecule has 0 saturated carbocycles. The zero-order valence-corrected chi connectivity index (χ0v) is 9.93. The van der Waals surface area contributed by atoms with E-state index in [4.69, 9.17) is 5.11 Å². The Morgan fingerprint density at radius 2 is 1.95 bits per heavy atom. The average Bonchev–Trinajstić information content (AvgIpc) is 2.26. The van der Waals surface area contributed by atoms with Crippen LogP contribution >= 0.6 is 0 Å². The molecule has 3 nitrogen and oxygen atoms in total. The zero-order valence-electron chi connectivity index (χ0n) is 9.93. The maximum atomic E-state index is 13.0. The summed E-state index contributed by atoms with van der Waals surface area (Å²) in [5, 5.41) is 11.2. The molecule has 7 heteroatoms. The highest BCUT2D eigenvalue weighted by molar-refractivity contribution is 5.66. The number of carbonyl (C=O) groups is 1. The van der Waals surface area contributed by atoms with E-state index in [2.05, 4.69) is 5.32 Å². The summed E-state index contributed by atoms with van der Waals surface area (Å²) in [6.07, 6.45) is -4.25. The van der Waals surface area contributed by atoms with E-state index in [1.165, 1.54) is 0 Å². The van der Waals surface area contributed by atoms with Crippen molar-refractivity contribution in [1.29, 1.82) is 0 Å². The standard InChI is InChI=1S/C12H13F4NO2/c13-10-5-8(4-9(6-10)12(14,15)16)7-17-3-1-2-11(18)19/h4-6,17H,1-3,7H2,(H,18,19). The van der Waals surface area contributed by atoms with Gasteiger partial charge in [0.25, 0.3) is 0 Å². The van der Waals surface area contributed by atoms with E-state index < -0.39 is 23.5 Å². The lowest BCUT2D eigenvalue weighted by Gasteiger charge is -2.10. The van der Waals surface area contributed by atoms with Gasteiger partial charge in [-0.05, 0) is 36.7 Å². The molecule has 0 amide bonds. The second kappa shape index (κ2) is 6.51. The van der Waals surface area contributed by atoms with E-state index in [1.807, 2.05) is 0 Å². The van der Waals surface area contributed by atoms with E-state index in [0.717, 1.165) is 12.1 Å². The molecule has 0 bridgehead atoms. The third-order valence-electron chi connectivity index (χ3n) is 2.36. The van der Waals surface area contributed by atoms with Crippen LogP contribution in [0.25, 0.3) is 0 Å². The number of hydrogen-bond acceptors (Lipinski definition) is 2. The van der Waals surface area contributed by atoms with Crippen LogP contribution in [0.4, 0.5) is 17.6 Å². The molecular weight excluding hydrogens is 266 g/mol. The van der Waals surface area contributed by atoms with E-state index in [9.17, 15) is 22.4 Å². The molecule has 0 aromatic heterocycles. The topological polar surface area (TPSA) is 49.3 Å². The van der Waals surface area contributed by atoms with Crippen molar-refractivity contribution >= 4 is 5.97 Å². The lowest BCUT2D eigenvalue weighted by molar-refractivity contribution is -0.138. The highest BCUT2D eigenvalue weighted by Crippen LogP contribution is 2.30. The molecule has 19 heavy (non-hydrogen) atoms. The molecule has 0 heterocycles. The van der Waals surface area contributed by atoms with Gasteiger partial charge in [0.05, 0.1) is 5.56 Å². The summed E-state index contributed by atoms with van der Waals surface area (Å²) >= 11 is 0. The first-order valence-electron chi connectivity index (χ1n) is 5.58. The summed E-state index contributed by atoms with van der Waals surface area (Å²) in [6, 6.07) is 2.32. The van der Waals surface area contributed by atoms with Crippen molar-refractivity contribution in [2.75, 3.05) is 6.54 Å². The van der Waals surface area contributed by atoms with Crippen molar-refractivity contribution in [3.8, 4) is 0 Å². The summed E-state index contributed by atoms with van der Waals surface area (Å²) in [4.78, 5) is 10.2. The molecule has 0 fully saturated rings.